The molecule has 0 saturated carbocycles. The Bertz CT molecular complexity index is 323. The highest BCUT2D eigenvalue weighted by atomic mass is 19.2. The van der Waals surface area contributed by atoms with Gasteiger partial charge in [0.25, 0.3) is 0 Å². The monoisotopic (exact) mass is 213 g/mol. The molecule has 0 amide bonds. The first-order chi connectivity index (χ1) is 7.00. The topological polar surface area (TPSA) is 12.0 Å². The number of nitrogens with one attached hydrogen (secondary N) is 1. The van der Waals surface area contributed by atoms with Gasteiger partial charge in [-0.3, -0.25) is 0 Å². The molecule has 0 saturated heterocycles. The van der Waals surface area contributed by atoms with Gasteiger partial charge in [-0.1, -0.05) is 19.9 Å². The van der Waals surface area contributed by atoms with E-state index in [1.165, 1.54) is 6.07 Å². The van der Waals surface area contributed by atoms with E-state index in [1.54, 1.807) is 6.07 Å². The van der Waals surface area contributed by atoms with Crippen LogP contribution < -0.4 is 5.32 Å². The predicted molar refractivity (Wildman–Crippen MR) is 57.6 cm³/mol. The van der Waals surface area contributed by atoms with Crippen LogP contribution >= 0.6 is 0 Å². The molecule has 1 aromatic rings. The molecule has 1 aromatic carbocycles. The molecule has 0 radical (unpaired) electrons. The standard InChI is InChI=1S/C12H17F2N/c1-8(2)7-15-9(3)10-4-5-11(13)12(14)6-10/h4-6,8-9,15H,7H2,1-3H3. The van der Waals surface area contributed by atoms with Gasteiger partial charge in [0.2, 0.25) is 0 Å². The van der Waals surface area contributed by atoms with E-state index in [2.05, 4.69) is 19.2 Å². The normalized spacial score (nSPS) is 13.2. The van der Waals surface area contributed by atoms with E-state index in [0.717, 1.165) is 18.2 Å². The minimum Gasteiger partial charge on any atom is -0.310 e. The van der Waals surface area contributed by atoms with Crippen molar-refractivity contribution in [2.75, 3.05) is 6.54 Å². The molecule has 3 heteroatoms. The lowest BCUT2D eigenvalue weighted by Gasteiger charge is -2.16. The Kier molecular flexibility index (Phi) is 4.21. The molecule has 0 spiro atoms. The fourth-order valence-corrected chi connectivity index (χ4v) is 1.31. The number of halogens is 2. The van der Waals surface area contributed by atoms with Gasteiger partial charge in [0.05, 0.1) is 0 Å². The van der Waals surface area contributed by atoms with Crippen molar-refractivity contribution in [3.63, 3.8) is 0 Å². The van der Waals surface area contributed by atoms with Crippen LogP contribution in [0, 0.1) is 17.6 Å². The van der Waals surface area contributed by atoms with Crippen molar-refractivity contribution in [1.82, 2.24) is 5.32 Å². The summed E-state index contributed by atoms with van der Waals surface area (Å²) in [5.74, 6) is -1.04. The second-order valence-electron chi connectivity index (χ2n) is 4.20. The van der Waals surface area contributed by atoms with Gasteiger partial charge in [-0.05, 0) is 37.1 Å². The second-order valence-corrected chi connectivity index (χ2v) is 4.20. The fraction of sp³-hybridized carbons (Fsp3) is 0.500. The molecule has 1 nitrogen and oxygen atoms in total. The van der Waals surface area contributed by atoms with Gasteiger partial charge < -0.3 is 5.32 Å². The minimum absolute atomic E-state index is 0.0440. The van der Waals surface area contributed by atoms with Gasteiger partial charge in [-0.2, -0.15) is 0 Å². The average Bonchev–Trinajstić information content (AvgIpc) is 2.18. The van der Waals surface area contributed by atoms with Crippen molar-refractivity contribution < 1.29 is 8.78 Å². The van der Waals surface area contributed by atoms with Crippen molar-refractivity contribution in [3.05, 3.63) is 35.4 Å². The zero-order valence-electron chi connectivity index (χ0n) is 9.35. The zero-order chi connectivity index (χ0) is 11.4. The van der Waals surface area contributed by atoms with Gasteiger partial charge in [0.1, 0.15) is 0 Å². The molecule has 0 aliphatic rings. The van der Waals surface area contributed by atoms with Crippen LogP contribution in [0.3, 0.4) is 0 Å². The van der Waals surface area contributed by atoms with Gasteiger partial charge in [-0.15, -0.1) is 0 Å². The van der Waals surface area contributed by atoms with Gasteiger partial charge in [0.15, 0.2) is 11.6 Å². The molecule has 0 fully saturated rings. The van der Waals surface area contributed by atoms with Crippen molar-refractivity contribution in [2.45, 2.75) is 26.8 Å². The van der Waals surface area contributed by atoms with E-state index >= 15 is 0 Å². The molecule has 0 aliphatic heterocycles. The maximum atomic E-state index is 12.9. The van der Waals surface area contributed by atoms with Crippen molar-refractivity contribution in [3.8, 4) is 0 Å². The Morgan fingerprint density at radius 2 is 1.80 bits per heavy atom. The van der Waals surface area contributed by atoms with E-state index < -0.39 is 11.6 Å². The third-order valence-electron chi connectivity index (χ3n) is 2.28. The SMILES string of the molecule is CC(C)CNC(C)c1ccc(F)c(F)c1. The third-order valence-corrected chi connectivity index (χ3v) is 2.28. The van der Waals surface area contributed by atoms with Crippen LogP contribution in [0.5, 0.6) is 0 Å². The Morgan fingerprint density at radius 3 is 2.33 bits per heavy atom. The van der Waals surface area contributed by atoms with Crippen molar-refractivity contribution in [2.24, 2.45) is 5.92 Å². The highest BCUT2D eigenvalue weighted by molar-refractivity contribution is 5.20. The largest absolute Gasteiger partial charge is 0.310 e. The molecule has 1 unspecified atom stereocenters. The van der Waals surface area contributed by atoms with Crippen LogP contribution in [0.2, 0.25) is 0 Å². The van der Waals surface area contributed by atoms with Gasteiger partial charge >= 0.3 is 0 Å². The van der Waals surface area contributed by atoms with Crippen LogP contribution in [0.25, 0.3) is 0 Å². The lowest BCUT2D eigenvalue weighted by molar-refractivity contribution is 0.483. The molecule has 15 heavy (non-hydrogen) atoms. The first-order valence-electron chi connectivity index (χ1n) is 5.19. The molecule has 1 atom stereocenters. The van der Waals surface area contributed by atoms with Crippen LogP contribution in [0.1, 0.15) is 32.4 Å². The Balaban J connectivity index is 2.65. The molecule has 0 aliphatic carbocycles. The maximum Gasteiger partial charge on any atom is 0.159 e. The minimum atomic E-state index is -0.796. The molecule has 1 N–H and O–H groups in total. The third kappa shape index (κ3) is 3.59. The summed E-state index contributed by atoms with van der Waals surface area (Å²) in [7, 11) is 0. The second kappa shape index (κ2) is 5.21. The van der Waals surface area contributed by atoms with Gasteiger partial charge in [-0.25, -0.2) is 8.78 Å². The Hall–Kier alpha value is -0.960. The molecular formula is C12H17F2N. The summed E-state index contributed by atoms with van der Waals surface area (Å²) < 4.78 is 25.6. The summed E-state index contributed by atoms with van der Waals surface area (Å²) in [6, 6.07) is 4.06. The lowest BCUT2D eigenvalue weighted by Crippen LogP contribution is -2.23. The highest BCUT2D eigenvalue weighted by Gasteiger charge is 2.08. The number of hydrogen-bond acceptors (Lipinski definition) is 1. The van der Waals surface area contributed by atoms with E-state index in [-0.39, 0.29) is 6.04 Å². The predicted octanol–water partition coefficient (Wildman–Crippen LogP) is 3.27. The number of benzene rings is 1. The highest BCUT2D eigenvalue weighted by Crippen LogP contribution is 2.15. The first kappa shape index (κ1) is 12.1. The smallest absolute Gasteiger partial charge is 0.159 e. The quantitative estimate of drug-likeness (QED) is 0.809. The molecule has 1 rings (SSSR count). The molecule has 0 heterocycles. The molecule has 84 valence electrons. The van der Waals surface area contributed by atoms with Crippen LogP contribution in [0.15, 0.2) is 18.2 Å². The van der Waals surface area contributed by atoms with E-state index in [4.69, 9.17) is 0 Å². The summed E-state index contributed by atoms with van der Waals surface area (Å²) >= 11 is 0. The summed E-state index contributed by atoms with van der Waals surface area (Å²) in [4.78, 5) is 0. The number of rotatable bonds is 4. The molecule has 0 bridgehead atoms. The van der Waals surface area contributed by atoms with Crippen LogP contribution in [0.4, 0.5) is 8.78 Å². The van der Waals surface area contributed by atoms with E-state index in [9.17, 15) is 8.78 Å². The van der Waals surface area contributed by atoms with Crippen LogP contribution in [-0.4, -0.2) is 6.54 Å². The average molecular weight is 213 g/mol. The van der Waals surface area contributed by atoms with Crippen molar-refractivity contribution in [1.29, 1.82) is 0 Å². The summed E-state index contributed by atoms with van der Waals surface area (Å²) in [5.41, 5.74) is 0.773. The maximum absolute atomic E-state index is 12.9. The number of hydrogen-bond donors (Lipinski definition) is 1. The fourth-order valence-electron chi connectivity index (χ4n) is 1.31. The summed E-state index contributed by atoms with van der Waals surface area (Å²) in [6.07, 6.45) is 0. The Labute approximate surface area is 89.5 Å². The summed E-state index contributed by atoms with van der Waals surface area (Å²) in [5, 5.41) is 3.26. The summed E-state index contributed by atoms with van der Waals surface area (Å²) in [6.45, 7) is 7.01. The van der Waals surface area contributed by atoms with Crippen molar-refractivity contribution >= 4 is 0 Å². The molecular weight excluding hydrogens is 196 g/mol. The van der Waals surface area contributed by atoms with Crippen LogP contribution in [-0.2, 0) is 0 Å². The lowest BCUT2D eigenvalue weighted by atomic mass is 10.1. The Morgan fingerprint density at radius 1 is 1.13 bits per heavy atom. The van der Waals surface area contributed by atoms with E-state index in [0.29, 0.717) is 5.92 Å². The first-order valence-corrected chi connectivity index (χ1v) is 5.19. The van der Waals surface area contributed by atoms with Gasteiger partial charge in [0, 0.05) is 6.04 Å². The molecule has 0 aromatic heterocycles. The zero-order valence-corrected chi connectivity index (χ0v) is 9.35. The van der Waals surface area contributed by atoms with E-state index in [1.807, 2.05) is 6.92 Å².